The first-order valence-electron chi connectivity index (χ1n) is 10.5. The number of rotatable bonds is 7. The summed E-state index contributed by atoms with van der Waals surface area (Å²) in [5, 5.41) is 13.0. The van der Waals surface area contributed by atoms with Gasteiger partial charge in [-0.05, 0) is 53.9 Å². The molecular formula is C29H25ClNP. The van der Waals surface area contributed by atoms with Crippen LogP contribution in [0.4, 0.5) is 0 Å². The zero-order chi connectivity index (χ0) is 21.4. The van der Waals surface area contributed by atoms with Crippen molar-refractivity contribution in [1.82, 2.24) is 0 Å². The molecule has 0 bridgehead atoms. The highest BCUT2D eigenvalue weighted by atomic mass is 35.5. The minimum Gasteiger partial charge on any atom is -1.00 e. The molecule has 0 heterocycles. The van der Waals surface area contributed by atoms with Crippen LogP contribution in [-0.2, 0) is 12.6 Å². The number of nitriles is 1. The summed E-state index contributed by atoms with van der Waals surface area (Å²) < 4.78 is 0. The Bertz CT molecular complexity index is 1090. The van der Waals surface area contributed by atoms with Gasteiger partial charge < -0.3 is 12.4 Å². The first kappa shape index (κ1) is 23.5. The van der Waals surface area contributed by atoms with Gasteiger partial charge in [0.1, 0.15) is 23.2 Å². The molecule has 4 aromatic carbocycles. The van der Waals surface area contributed by atoms with Gasteiger partial charge in [-0.1, -0.05) is 84.9 Å². The van der Waals surface area contributed by atoms with Crippen LogP contribution in [0.3, 0.4) is 0 Å². The van der Waals surface area contributed by atoms with Crippen LogP contribution >= 0.6 is 7.26 Å². The Morgan fingerprint density at radius 3 is 1.56 bits per heavy atom. The smallest absolute Gasteiger partial charge is 0.116 e. The summed E-state index contributed by atoms with van der Waals surface area (Å²) in [4.78, 5) is 0. The molecule has 0 fully saturated rings. The van der Waals surface area contributed by atoms with Gasteiger partial charge in [-0.15, -0.1) is 0 Å². The highest BCUT2D eigenvalue weighted by molar-refractivity contribution is 7.95. The lowest BCUT2D eigenvalue weighted by Crippen LogP contribution is -3.00. The van der Waals surface area contributed by atoms with Gasteiger partial charge in [0, 0.05) is 6.08 Å². The monoisotopic (exact) mass is 453 g/mol. The maximum atomic E-state index is 8.80. The Labute approximate surface area is 197 Å². The summed E-state index contributed by atoms with van der Waals surface area (Å²) >= 11 is 0. The molecule has 0 N–H and O–H groups in total. The van der Waals surface area contributed by atoms with Crippen molar-refractivity contribution in [3.05, 3.63) is 139 Å². The van der Waals surface area contributed by atoms with E-state index in [1.807, 2.05) is 6.08 Å². The Morgan fingerprint density at radius 1 is 0.625 bits per heavy atom. The highest BCUT2D eigenvalue weighted by Crippen LogP contribution is 2.58. The molecule has 0 radical (unpaired) electrons. The van der Waals surface area contributed by atoms with Crippen LogP contribution in [0.25, 0.3) is 0 Å². The van der Waals surface area contributed by atoms with Gasteiger partial charge in [-0.2, -0.15) is 5.26 Å². The Morgan fingerprint density at radius 2 is 1.09 bits per heavy atom. The molecule has 4 rings (SSSR count). The molecule has 3 heteroatoms. The quantitative estimate of drug-likeness (QED) is 0.312. The minimum absolute atomic E-state index is 0. The van der Waals surface area contributed by atoms with Gasteiger partial charge >= 0.3 is 0 Å². The second-order valence-electron chi connectivity index (χ2n) is 7.53. The SMILES string of the molecule is N#CC=CCc1cccc(C[P+](c2ccccc2)(c2ccccc2)c2ccccc2)c1.[Cl-]. The predicted octanol–water partition coefficient (Wildman–Crippen LogP) is 2.81. The van der Waals surface area contributed by atoms with E-state index in [9.17, 15) is 0 Å². The van der Waals surface area contributed by atoms with E-state index in [0.29, 0.717) is 0 Å². The van der Waals surface area contributed by atoms with Crippen LogP contribution < -0.4 is 28.3 Å². The molecule has 32 heavy (non-hydrogen) atoms. The van der Waals surface area contributed by atoms with Gasteiger partial charge in [-0.3, -0.25) is 0 Å². The number of hydrogen-bond donors (Lipinski definition) is 0. The van der Waals surface area contributed by atoms with Crippen molar-refractivity contribution in [2.24, 2.45) is 0 Å². The third-order valence-corrected chi connectivity index (χ3v) is 9.93. The summed E-state index contributed by atoms with van der Waals surface area (Å²) in [5.41, 5.74) is 2.56. The van der Waals surface area contributed by atoms with Crippen molar-refractivity contribution in [3.8, 4) is 6.07 Å². The van der Waals surface area contributed by atoms with E-state index >= 15 is 0 Å². The van der Waals surface area contributed by atoms with E-state index < -0.39 is 7.26 Å². The molecule has 0 atom stereocenters. The average molecular weight is 454 g/mol. The maximum Gasteiger partial charge on any atom is 0.116 e. The number of hydrogen-bond acceptors (Lipinski definition) is 1. The number of halogens is 1. The second-order valence-corrected chi connectivity index (χ2v) is 11.0. The molecule has 0 aliphatic heterocycles. The molecule has 1 nitrogen and oxygen atoms in total. The van der Waals surface area contributed by atoms with Crippen LogP contribution in [0.2, 0.25) is 0 Å². The second kappa shape index (κ2) is 11.4. The molecule has 158 valence electrons. The largest absolute Gasteiger partial charge is 1.00 e. The lowest BCUT2D eigenvalue weighted by Gasteiger charge is -2.28. The van der Waals surface area contributed by atoms with E-state index in [1.54, 1.807) is 6.08 Å². The molecule has 0 amide bonds. The predicted molar refractivity (Wildman–Crippen MR) is 134 cm³/mol. The highest BCUT2D eigenvalue weighted by Gasteiger charge is 2.45. The van der Waals surface area contributed by atoms with Gasteiger partial charge in [0.2, 0.25) is 0 Å². The lowest BCUT2D eigenvalue weighted by atomic mass is 10.1. The first-order valence-corrected chi connectivity index (χ1v) is 12.5. The van der Waals surface area contributed by atoms with E-state index in [2.05, 4.69) is 121 Å². The summed E-state index contributed by atoms with van der Waals surface area (Å²) in [7, 11) is -1.90. The molecule has 4 aromatic rings. The van der Waals surface area contributed by atoms with Crippen molar-refractivity contribution in [2.75, 3.05) is 0 Å². The maximum absolute atomic E-state index is 8.80. The van der Waals surface area contributed by atoms with E-state index in [-0.39, 0.29) is 12.4 Å². The van der Waals surface area contributed by atoms with Gasteiger partial charge in [0.15, 0.2) is 0 Å². The van der Waals surface area contributed by atoms with Crippen molar-refractivity contribution in [2.45, 2.75) is 12.6 Å². The summed E-state index contributed by atoms with van der Waals surface area (Å²) in [6.45, 7) is 0. The minimum atomic E-state index is -1.90. The van der Waals surface area contributed by atoms with Crippen LogP contribution in [0.15, 0.2) is 127 Å². The van der Waals surface area contributed by atoms with Crippen molar-refractivity contribution in [3.63, 3.8) is 0 Å². The van der Waals surface area contributed by atoms with Crippen LogP contribution in [0, 0.1) is 11.3 Å². The Balaban J connectivity index is 0.00000289. The summed E-state index contributed by atoms with van der Waals surface area (Å²) in [5.74, 6) is 0. The van der Waals surface area contributed by atoms with Gasteiger partial charge in [-0.25, -0.2) is 0 Å². The Kier molecular flexibility index (Phi) is 8.41. The van der Waals surface area contributed by atoms with Crippen LogP contribution in [0.1, 0.15) is 11.1 Å². The third-order valence-electron chi connectivity index (χ3n) is 5.55. The van der Waals surface area contributed by atoms with Gasteiger partial charge in [0.05, 0.1) is 12.2 Å². The van der Waals surface area contributed by atoms with Crippen molar-refractivity contribution < 1.29 is 12.4 Å². The standard InChI is InChI=1S/C29H25NP.ClH/c30-22-11-10-13-25-14-12-15-26(23-25)24-31(27-16-4-1-5-17-27,28-18-6-2-7-19-28)29-20-8-3-9-21-29;/h1-12,14-21,23H,13,24H2;1H/q+1;/p-1. The topological polar surface area (TPSA) is 23.8 Å². The molecular weight excluding hydrogens is 429 g/mol. The molecule has 0 aromatic heterocycles. The molecule has 0 saturated heterocycles. The molecule has 0 unspecified atom stereocenters. The van der Waals surface area contributed by atoms with Crippen LogP contribution in [-0.4, -0.2) is 0 Å². The fourth-order valence-corrected chi connectivity index (χ4v) is 8.37. The Hall–Kier alpha value is -3.17. The van der Waals surface area contributed by atoms with E-state index in [4.69, 9.17) is 5.26 Å². The average Bonchev–Trinajstić information content (AvgIpc) is 2.85. The molecule has 0 saturated carbocycles. The number of nitrogens with zero attached hydrogens (tertiary/aromatic N) is 1. The zero-order valence-corrected chi connectivity index (χ0v) is 19.5. The van der Waals surface area contributed by atoms with Crippen molar-refractivity contribution in [1.29, 1.82) is 5.26 Å². The van der Waals surface area contributed by atoms with Crippen molar-refractivity contribution >= 4 is 23.2 Å². The van der Waals surface area contributed by atoms with E-state index in [1.165, 1.54) is 27.0 Å². The lowest BCUT2D eigenvalue weighted by molar-refractivity contribution is -0.00000629. The molecule has 0 aliphatic carbocycles. The molecule has 0 spiro atoms. The first-order chi connectivity index (χ1) is 15.3. The third kappa shape index (κ3) is 5.17. The fourth-order valence-electron chi connectivity index (χ4n) is 4.15. The number of allylic oxidation sites excluding steroid dienone is 2. The normalized spacial score (nSPS) is 11.0. The zero-order valence-electron chi connectivity index (χ0n) is 17.8. The van der Waals surface area contributed by atoms with E-state index in [0.717, 1.165) is 12.6 Å². The number of benzene rings is 4. The fraction of sp³-hybridized carbons (Fsp3) is 0.0690. The van der Waals surface area contributed by atoms with Crippen LogP contribution in [0.5, 0.6) is 0 Å². The molecule has 0 aliphatic rings. The van der Waals surface area contributed by atoms with Gasteiger partial charge in [0.25, 0.3) is 0 Å². The summed E-state index contributed by atoms with van der Waals surface area (Å²) in [6, 6.07) is 43.8. The summed E-state index contributed by atoms with van der Waals surface area (Å²) in [6.07, 6.45) is 5.21.